The van der Waals surface area contributed by atoms with Crippen molar-refractivity contribution in [3.63, 3.8) is 0 Å². The number of rotatable bonds is 2. The number of aryl methyl sites for hydroxylation is 1. The van der Waals surface area contributed by atoms with Gasteiger partial charge in [-0.15, -0.1) is 10.2 Å². The van der Waals surface area contributed by atoms with Crippen LogP contribution in [0.2, 0.25) is 5.02 Å². The van der Waals surface area contributed by atoms with Crippen LogP contribution in [-0.2, 0) is 6.54 Å². The summed E-state index contributed by atoms with van der Waals surface area (Å²) >= 11 is 6.10. The van der Waals surface area contributed by atoms with Gasteiger partial charge in [-0.05, 0) is 54.4 Å². The normalized spacial score (nSPS) is 12.7. The van der Waals surface area contributed by atoms with Crippen molar-refractivity contribution in [3.8, 4) is 16.8 Å². The molecule has 136 valence electrons. The predicted molar refractivity (Wildman–Crippen MR) is 110 cm³/mol. The van der Waals surface area contributed by atoms with E-state index in [1.165, 1.54) is 0 Å². The van der Waals surface area contributed by atoms with Crippen molar-refractivity contribution in [2.45, 2.75) is 13.5 Å². The molecule has 2 aromatic carbocycles. The lowest BCUT2D eigenvalue weighted by molar-refractivity contribution is 0.862. The van der Waals surface area contributed by atoms with E-state index in [0.29, 0.717) is 11.6 Å². The fraction of sp³-hybridized carbons (Fsp3) is 0.0909. The molecule has 6 heteroatoms. The Kier molecular flexibility index (Phi) is 4.02. The molecule has 28 heavy (non-hydrogen) atoms. The Balaban J connectivity index is 1.76. The highest BCUT2D eigenvalue weighted by Gasteiger charge is 2.22. The van der Waals surface area contributed by atoms with Crippen LogP contribution in [0, 0.1) is 6.92 Å². The molecule has 4 aromatic rings. The van der Waals surface area contributed by atoms with Gasteiger partial charge in [0.2, 0.25) is 0 Å². The third kappa shape index (κ3) is 2.80. The monoisotopic (exact) mass is 385 g/mol. The SMILES string of the molecule is Cc1nnc2n1-c1ccc(-c3ccncc3)cc1C(c1ccc(Cl)cc1)=NC2. The molecular formula is C22H16ClN5. The van der Waals surface area contributed by atoms with Crippen LogP contribution < -0.4 is 0 Å². The van der Waals surface area contributed by atoms with Crippen molar-refractivity contribution < 1.29 is 0 Å². The topological polar surface area (TPSA) is 56.0 Å². The number of pyridine rings is 1. The fourth-order valence-electron chi connectivity index (χ4n) is 3.56. The molecule has 0 bridgehead atoms. The summed E-state index contributed by atoms with van der Waals surface area (Å²) in [5.41, 5.74) is 6.23. The van der Waals surface area contributed by atoms with Crippen LogP contribution in [0.4, 0.5) is 0 Å². The Morgan fingerprint density at radius 3 is 2.39 bits per heavy atom. The van der Waals surface area contributed by atoms with Gasteiger partial charge in [0, 0.05) is 28.5 Å². The lowest BCUT2D eigenvalue weighted by atomic mass is 9.96. The number of fused-ring (bicyclic) bond motifs is 3. The number of hydrogen-bond acceptors (Lipinski definition) is 4. The summed E-state index contributed by atoms with van der Waals surface area (Å²) in [7, 11) is 0. The van der Waals surface area contributed by atoms with E-state index < -0.39 is 0 Å². The summed E-state index contributed by atoms with van der Waals surface area (Å²) in [6.45, 7) is 2.43. The second-order valence-corrected chi connectivity index (χ2v) is 7.07. The van der Waals surface area contributed by atoms with E-state index in [9.17, 15) is 0 Å². The highest BCUT2D eigenvalue weighted by atomic mass is 35.5. The molecule has 0 saturated heterocycles. The molecule has 0 spiro atoms. The molecular weight excluding hydrogens is 370 g/mol. The van der Waals surface area contributed by atoms with Crippen LogP contribution in [-0.4, -0.2) is 25.5 Å². The van der Waals surface area contributed by atoms with Crippen molar-refractivity contribution in [1.82, 2.24) is 19.7 Å². The summed E-state index contributed by atoms with van der Waals surface area (Å²) in [6, 6.07) is 18.2. The van der Waals surface area contributed by atoms with Crippen LogP contribution in [0.5, 0.6) is 0 Å². The number of aromatic nitrogens is 4. The molecule has 0 atom stereocenters. The maximum absolute atomic E-state index is 6.10. The molecule has 0 N–H and O–H groups in total. The van der Waals surface area contributed by atoms with E-state index in [2.05, 4.69) is 37.9 Å². The minimum Gasteiger partial charge on any atom is -0.281 e. The smallest absolute Gasteiger partial charge is 0.159 e. The van der Waals surface area contributed by atoms with Gasteiger partial charge in [-0.1, -0.05) is 29.8 Å². The average molecular weight is 386 g/mol. The highest BCUT2D eigenvalue weighted by Crippen LogP contribution is 2.30. The Hall–Kier alpha value is -3.31. The molecule has 1 aliphatic heterocycles. The maximum Gasteiger partial charge on any atom is 0.159 e. The van der Waals surface area contributed by atoms with Crippen LogP contribution >= 0.6 is 11.6 Å². The number of aliphatic imine (C=N–C) groups is 1. The van der Waals surface area contributed by atoms with Gasteiger partial charge in [-0.3, -0.25) is 14.5 Å². The summed E-state index contributed by atoms with van der Waals surface area (Å²) < 4.78 is 2.08. The van der Waals surface area contributed by atoms with Crippen molar-refractivity contribution in [1.29, 1.82) is 0 Å². The molecule has 0 amide bonds. The minimum atomic E-state index is 0.470. The first kappa shape index (κ1) is 16.8. The van der Waals surface area contributed by atoms with E-state index in [-0.39, 0.29) is 0 Å². The average Bonchev–Trinajstić information content (AvgIpc) is 3.01. The third-order valence-electron chi connectivity index (χ3n) is 4.89. The van der Waals surface area contributed by atoms with Crippen LogP contribution in [0.25, 0.3) is 16.8 Å². The number of nitrogens with zero attached hydrogens (tertiary/aromatic N) is 5. The fourth-order valence-corrected chi connectivity index (χ4v) is 3.68. The Labute approximate surface area is 167 Å². The summed E-state index contributed by atoms with van der Waals surface area (Å²) in [5, 5.41) is 9.27. The molecule has 5 rings (SSSR count). The first-order valence-corrected chi connectivity index (χ1v) is 9.35. The van der Waals surface area contributed by atoms with E-state index >= 15 is 0 Å². The van der Waals surface area contributed by atoms with Gasteiger partial charge >= 0.3 is 0 Å². The van der Waals surface area contributed by atoms with Crippen molar-refractivity contribution in [2.24, 2.45) is 4.99 Å². The van der Waals surface area contributed by atoms with Gasteiger partial charge in [0.15, 0.2) is 5.82 Å². The van der Waals surface area contributed by atoms with Gasteiger partial charge in [-0.25, -0.2) is 0 Å². The van der Waals surface area contributed by atoms with E-state index in [0.717, 1.165) is 45.3 Å². The molecule has 2 aromatic heterocycles. The molecule has 0 aliphatic carbocycles. The van der Waals surface area contributed by atoms with Crippen molar-refractivity contribution in [2.75, 3.05) is 0 Å². The van der Waals surface area contributed by atoms with Crippen molar-refractivity contribution in [3.05, 3.63) is 94.8 Å². The van der Waals surface area contributed by atoms with Gasteiger partial charge in [-0.2, -0.15) is 0 Å². The quantitative estimate of drug-likeness (QED) is 0.505. The summed E-state index contributed by atoms with van der Waals surface area (Å²) in [6.07, 6.45) is 3.61. The zero-order valence-electron chi connectivity index (χ0n) is 15.2. The second kappa shape index (κ2) is 6.69. The highest BCUT2D eigenvalue weighted by molar-refractivity contribution is 6.30. The van der Waals surface area contributed by atoms with E-state index in [4.69, 9.17) is 16.6 Å². The predicted octanol–water partition coefficient (Wildman–Crippen LogP) is 4.64. The van der Waals surface area contributed by atoms with Crippen molar-refractivity contribution >= 4 is 17.3 Å². The molecule has 0 fully saturated rings. The van der Waals surface area contributed by atoms with Crippen LogP contribution in [0.15, 0.2) is 72.0 Å². The number of hydrogen-bond donors (Lipinski definition) is 0. The zero-order valence-corrected chi connectivity index (χ0v) is 15.9. The Morgan fingerprint density at radius 1 is 0.857 bits per heavy atom. The number of halogens is 1. The zero-order chi connectivity index (χ0) is 19.1. The van der Waals surface area contributed by atoms with E-state index in [1.807, 2.05) is 43.3 Å². The lowest BCUT2D eigenvalue weighted by Gasteiger charge is -2.14. The standard InChI is InChI=1S/C22H16ClN5/c1-14-26-27-21-13-25-22(16-2-5-18(23)6-3-16)19-12-17(4-7-20(19)28(14)21)15-8-10-24-11-9-15/h2-12H,13H2,1H3. The largest absolute Gasteiger partial charge is 0.281 e. The third-order valence-corrected chi connectivity index (χ3v) is 5.15. The molecule has 5 nitrogen and oxygen atoms in total. The second-order valence-electron chi connectivity index (χ2n) is 6.64. The Morgan fingerprint density at radius 2 is 1.61 bits per heavy atom. The molecule has 0 radical (unpaired) electrons. The number of benzene rings is 2. The van der Waals surface area contributed by atoms with Gasteiger partial charge < -0.3 is 0 Å². The van der Waals surface area contributed by atoms with Gasteiger partial charge in [0.1, 0.15) is 12.4 Å². The molecule has 1 aliphatic rings. The first-order valence-electron chi connectivity index (χ1n) is 8.97. The lowest BCUT2D eigenvalue weighted by Crippen LogP contribution is -2.08. The van der Waals surface area contributed by atoms with E-state index in [1.54, 1.807) is 12.4 Å². The maximum atomic E-state index is 6.10. The molecule has 0 unspecified atom stereocenters. The first-order chi connectivity index (χ1) is 13.7. The summed E-state index contributed by atoms with van der Waals surface area (Å²) in [4.78, 5) is 9.01. The van der Waals surface area contributed by atoms with Gasteiger partial charge in [0.05, 0.1) is 11.4 Å². The van der Waals surface area contributed by atoms with Crippen LogP contribution in [0.1, 0.15) is 22.8 Å². The van der Waals surface area contributed by atoms with Crippen LogP contribution in [0.3, 0.4) is 0 Å². The molecule has 3 heterocycles. The minimum absolute atomic E-state index is 0.470. The molecule has 0 saturated carbocycles. The van der Waals surface area contributed by atoms with Gasteiger partial charge in [0.25, 0.3) is 0 Å². The summed E-state index contributed by atoms with van der Waals surface area (Å²) in [5.74, 6) is 1.68. The Bertz CT molecular complexity index is 1190.